The number of para-hydroxylation sites is 1. The molecular weight excluding hydrogens is 376 g/mol. The second kappa shape index (κ2) is 6.59. The number of ether oxygens (including phenoxy) is 2. The number of benzene rings is 3. The Morgan fingerprint density at radius 1 is 0.933 bits per heavy atom. The van der Waals surface area contributed by atoms with Gasteiger partial charge in [0.15, 0.2) is 0 Å². The normalized spacial score (nSPS) is 19.1. The van der Waals surface area contributed by atoms with Gasteiger partial charge >= 0.3 is 0 Å². The average molecular weight is 394 g/mol. The van der Waals surface area contributed by atoms with Crippen molar-refractivity contribution in [2.75, 3.05) is 0 Å². The molecule has 1 aromatic heterocycles. The minimum atomic E-state index is -0.00842. The Morgan fingerprint density at radius 3 is 2.80 bits per heavy atom. The second-order valence-electron chi connectivity index (χ2n) is 7.57. The van der Waals surface area contributed by atoms with Gasteiger partial charge in [-0.15, -0.1) is 0 Å². The fourth-order valence-corrected chi connectivity index (χ4v) is 4.22. The summed E-state index contributed by atoms with van der Waals surface area (Å²) in [5.41, 5.74) is 3.94. The predicted octanol–water partition coefficient (Wildman–Crippen LogP) is 5.18. The van der Waals surface area contributed by atoms with Crippen molar-refractivity contribution in [3.8, 4) is 17.4 Å². The van der Waals surface area contributed by atoms with Gasteiger partial charge in [-0.2, -0.15) is 0 Å². The van der Waals surface area contributed by atoms with E-state index in [4.69, 9.17) is 14.5 Å². The number of fused-ring (bicyclic) bond motifs is 4. The summed E-state index contributed by atoms with van der Waals surface area (Å²) in [6.45, 7) is 0. The van der Waals surface area contributed by atoms with Crippen molar-refractivity contribution >= 4 is 16.8 Å². The molecule has 146 valence electrons. The first-order chi connectivity index (χ1) is 14.7. The Kier molecular flexibility index (Phi) is 3.74. The highest BCUT2D eigenvalue weighted by molar-refractivity contribution is 5.96. The van der Waals surface area contributed by atoms with Crippen LogP contribution in [0.3, 0.4) is 0 Å². The molecule has 2 heterocycles. The molecule has 0 spiro atoms. The van der Waals surface area contributed by atoms with E-state index >= 15 is 0 Å². The summed E-state index contributed by atoms with van der Waals surface area (Å²) >= 11 is 0. The van der Waals surface area contributed by atoms with E-state index in [-0.39, 0.29) is 17.9 Å². The van der Waals surface area contributed by atoms with Crippen molar-refractivity contribution in [2.24, 2.45) is 4.99 Å². The van der Waals surface area contributed by atoms with Crippen LogP contribution < -0.4 is 4.74 Å². The van der Waals surface area contributed by atoms with Crippen LogP contribution in [0, 0.1) is 0 Å². The molecule has 0 radical (unpaired) electrons. The number of nitrogens with zero attached hydrogens (tertiary/aromatic N) is 2. The molecule has 3 aromatic carbocycles. The first kappa shape index (κ1) is 17.0. The van der Waals surface area contributed by atoms with Crippen LogP contribution in [0.5, 0.6) is 17.4 Å². The van der Waals surface area contributed by atoms with E-state index in [0.717, 1.165) is 17.4 Å². The monoisotopic (exact) mass is 394 g/mol. The number of aromatic nitrogens is 1. The number of aliphatic imine (C=N–C) groups is 1. The first-order valence-corrected chi connectivity index (χ1v) is 9.94. The molecule has 0 unspecified atom stereocenters. The number of phenolic OH excluding ortho intramolecular Hbond substituents is 1. The van der Waals surface area contributed by atoms with Gasteiger partial charge in [0.25, 0.3) is 0 Å². The zero-order valence-electron chi connectivity index (χ0n) is 16.0. The summed E-state index contributed by atoms with van der Waals surface area (Å²) in [6, 6.07) is 25.1. The molecule has 30 heavy (non-hydrogen) atoms. The molecule has 1 aliphatic heterocycles. The van der Waals surface area contributed by atoms with E-state index in [1.54, 1.807) is 18.2 Å². The van der Waals surface area contributed by atoms with E-state index in [9.17, 15) is 5.11 Å². The highest BCUT2D eigenvalue weighted by Gasteiger charge is 2.39. The molecule has 5 heteroatoms. The lowest BCUT2D eigenvalue weighted by Crippen LogP contribution is -2.08. The smallest absolute Gasteiger partial charge is 0.219 e. The number of pyridine rings is 1. The minimum absolute atomic E-state index is 0.00842. The third-order valence-electron chi connectivity index (χ3n) is 5.64. The number of aromatic hydroxyl groups is 1. The van der Waals surface area contributed by atoms with E-state index < -0.39 is 0 Å². The minimum Gasteiger partial charge on any atom is -0.506 e. The zero-order chi connectivity index (χ0) is 20.1. The number of hydrogen-bond donors (Lipinski definition) is 1. The van der Waals surface area contributed by atoms with E-state index in [1.165, 1.54) is 11.1 Å². The van der Waals surface area contributed by atoms with Gasteiger partial charge in [0.1, 0.15) is 23.1 Å². The maximum atomic E-state index is 10.0. The summed E-state index contributed by atoms with van der Waals surface area (Å²) in [5, 5.41) is 10.9. The molecule has 0 saturated carbocycles. The van der Waals surface area contributed by atoms with Crippen LogP contribution in [0.15, 0.2) is 83.9 Å². The Labute approximate surface area is 173 Å². The second-order valence-corrected chi connectivity index (χ2v) is 7.57. The highest BCUT2D eigenvalue weighted by Crippen LogP contribution is 2.41. The van der Waals surface area contributed by atoms with Crippen molar-refractivity contribution < 1.29 is 14.6 Å². The summed E-state index contributed by atoms with van der Waals surface area (Å²) < 4.78 is 12.2. The van der Waals surface area contributed by atoms with Crippen molar-refractivity contribution in [1.82, 2.24) is 4.98 Å². The fourth-order valence-electron chi connectivity index (χ4n) is 4.22. The van der Waals surface area contributed by atoms with Crippen LogP contribution in [0.1, 0.15) is 22.8 Å². The van der Waals surface area contributed by atoms with Gasteiger partial charge < -0.3 is 14.6 Å². The molecule has 0 saturated heterocycles. The molecule has 2 aliphatic rings. The Bertz CT molecular complexity index is 1310. The molecule has 1 aliphatic carbocycles. The predicted molar refractivity (Wildman–Crippen MR) is 114 cm³/mol. The maximum Gasteiger partial charge on any atom is 0.219 e. The summed E-state index contributed by atoms with van der Waals surface area (Å²) in [4.78, 5) is 9.26. The maximum absolute atomic E-state index is 10.0. The zero-order valence-corrected chi connectivity index (χ0v) is 16.0. The lowest BCUT2D eigenvalue weighted by atomic mass is 10.1. The Hall–Kier alpha value is -3.86. The van der Waals surface area contributed by atoms with Crippen LogP contribution >= 0.6 is 0 Å². The Morgan fingerprint density at radius 2 is 1.83 bits per heavy atom. The molecular formula is C25H18N2O3. The quantitative estimate of drug-likeness (QED) is 0.520. The van der Waals surface area contributed by atoms with E-state index in [0.29, 0.717) is 23.0 Å². The molecule has 0 amide bonds. The van der Waals surface area contributed by atoms with Crippen LogP contribution in [0.2, 0.25) is 0 Å². The average Bonchev–Trinajstić information content (AvgIpc) is 3.33. The van der Waals surface area contributed by atoms with Gasteiger partial charge in [-0.3, -0.25) is 0 Å². The Balaban J connectivity index is 1.26. The fraction of sp³-hybridized carbons (Fsp3) is 0.120. The van der Waals surface area contributed by atoms with Crippen LogP contribution in [0.25, 0.3) is 10.9 Å². The topological polar surface area (TPSA) is 63.9 Å². The van der Waals surface area contributed by atoms with Gasteiger partial charge in [-0.25, -0.2) is 9.98 Å². The van der Waals surface area contributed by atoms with Crippen LogP contribution in [-0.4, -0.2) is 22.0 Å². The third-order valence-corrected chi connectivity index (χ3v) is 5.64. The molecule has 6 rings (SSSR count). The van der Waals surface area contributed by atoms with Gasteiger partial charge in [-0.05, 0) is 47.9 Å². The van der Waals surface area contributed by atoms with Gasteiger partial charge in [0.2, 0.25) is 11.8 Å². The molecule has 5 nitrogen and oxygen atoms in total. The number of phenols is 1. The van der Waals surface area contributed by atoms with Crippen LogP contribution in [0.4, 0.5) is 0 Å². The highest BCUT2D eigenvalue weighted by atomic mass is 16.5. The van der Waals surface area contributed by atoms with Gasteiger partial charge in [0, 0.05) is 17.0 Å². The standard InChI is InChI=1S/C25H18N2O3/c28-21-10-4-6-15-11-12-22(27-23(15)21)29-18-8-3-7-17(13-18)25-26-20-14-16-5-1-2-9-19(16)24(20)30-25/h1-13,20,24,28H,14H2/t20-,24+/m0/s1. The van der Waals surface area contributed by atoms with Crippen molar-refractivity contribution in [3.05, 3.63) is 95.6 Å². The van der Waals surface area contributed by atoms with E-state index in [2.05, 4.69) is 23.2 Å². The summed E-state index contributed by atoms with van der Waals surface area (Å²) in [7, 11) is 0. The lowest BCUT2D eigenvalue weighted by molar-refractivity contribution is 0.209. The number of hydrogen-bond acceptors (Lipinski definition) is 5. The molecule has 0 fully saturated rings. The largest absolute Gasteiger partial charge is 0.506 e. The molecule has 2 atom stereocenters. The number of rotatable bonds is 3. The van der Waals surface area contributed by atoms with Crippen molar-refractivity contribution in [3.63, 3.8) is 0 Å². The summed E-state index contributed by atoms with van der Waals surface area (Å²) in [5.74, 6) is 1.83. The third kappa shape index (κ3) is 2.78. The molecule has 1 N–H and O–H groups in total. The van der Waals surface area contributed by atoms with Crippen molar-refractivity contribution in [2.45, 2.75) is 18.6 Å². The van der Waals surface area contributed by atoms with Gasteiger partial charge in [0.05, 0.1) is 6.04 Å². The lowest BCUT2D eigenvalue weighted by Gasteiger charge is -2.12. The van der Waals surface area contributed by atoms with Crippen LogP contribution in [-0.2, 0) is 11.2 Å². The van der Waals surface area contributed by atoms with Crippen molar-refractivity contribution in [1.29, 1.82) is 0 Å². The molecule has 4 aromatic rings. The first-order valence-electron chi connectivity index (χ1n) is 9.94. The SMILES string of the molecule is Oc1cccc2ccc(Oc3cccc(C4=N[C@H]5Cc6ccccc6[C@H]5O4)c3)nc12. The van der Waals surface area contributed by atoms with E-state index in [1.807, 2.05) is 42.5 Å². The summed E-state index contributed by atoms with van der Waals surface area (Å²) in [6.07, 6.45) is 0.899. The van der Waals surface area contributed by atoms with Gasteiger partial charge in [-0.1, -0.05) is 42.5 Å². The molecule has 0 bridgehead atoms.